The molecule has 8 heteroatoms. The Kier molecular flexibility index (Phi) is 4.58. The van der Waals surface area contributed by atoms with Gasteiger partial charge in [-0.25, -0.2) is 9.37 Å². The van der Waals surface area contributed by atoms with Crippen LogP contribution in [0.2, 0.25) is 0 Å². The molecule has 0 spiro atoms. The lowest BCUT2D eigenvalue weighted by molar-refractivity contribution is 0.0930. The predicted octanol–water partition coefficient (Wildman–Crippen LogP) is 3.03. The number of aromatic nitrogens is 3. The maximum Gasteiger partial charge on any atom is 0.252 e. The van der Waals surface area contributed by atoms with Crippen LogP contribution in [0.1, 0.15) is 23.2 Å². The van der Waals surface area contributed by atoms with Crippen LogP contribution in [0.15, 0.2) is 47.2 Å². The van der Waals surface area contributed by atoms with Gasteiger partial charge in [0.05, 0.1) is 11.8 Å². The summed E-state index contributed by atoms with van der Waals surface area (Å²) >= 11 is 3.30. The third-order valence-corrected chi connectivity index (χ3v) is 5.29. The molecule has 3 aromatic rings. The highest BCUT2D eigenvalue weighted by atomic mass is 79.9. The van der Waals surface area contributed by atoms with Crippen molar-refractivity contribution in [2.75, 3.05) is 18.0 Å². The average Bonchev–Trinajstić information content (AvgIpc) is 3.13. The Labute approximate surface area is 158 Å². The molecule has 0 saturated carbocycles. The van der Waals surface area contributed by atoms with Gasteiger partial charge < -0.3 is 10.2 Å². The van der Waals surface area contributed by atoms with E-state index in [4.69, 9.17) is 0 Å². The molecule has 1 aliphatic rings. The Morgan fingerprint density at radius 3 is 2.81 bits per heavy atom. The second-order valence-electron chi connectivity index (χ2n) is 6.26. The number of rotatable bonds is 3. The van der Waals surface area contributed by atoms with Gasteiger partial charge in [0.15, 0.2) is 5.65 Å². The zero-order chi connectivity index (χ0) is 18.1. The fraction of sp³-hybridized carbons (Fsp3) is 0.278. The zero-order valence-electron chi connectivity index (χ0n) is 13.9. The van der Waals surface area contributed by atoms with E-state index in [2.05, 4.69) is 36.2 Å². The first-order chi connectivity index (χ1) is 12.6. The fourth-order valence-electron chi connectivity index (χ4n) is 3.25. The number of carbonyl (C=O) groups is 1. The molecule has 0 aliphatic carbocycles. The Bertz CT molecular complexity index is 952. The Balaban J connectivity index is 1.41. The number of hydrogen-bond donors (Lipinski definition) is 1. The van der Waals surface area contributed by atoms with Gasteiger partial charge in [0.2, 0.25) is 0 Å². The van der Waals surface area contributed by atoms with Crippen molar-refractivity contribution >= 4 is 33.3 Å². The number of piperidine rings is 1. The largest absolute Gasteiger partial charge is 0.356 e. The van der Waals surface area contributed by atoms with Crippen molar-refractivity contribution < 1.29 is 9.18 Å². The minimum Gasteiger partial charge on any atom is -0.356 e. The average molecular weight is 418 g/mol. The van der Waals surface area contributed by atoms with Crippen LogP contribution >= 0.6 is 15.9 Å². The number of fused-ring (bicyclic) bond motifs is 1. The molecule has 1 saturated heterocycles. The number of nitrogens with zero attached hydrogens (tertiary/aromatic N) is 4. The first kappa shape index (κ1) is 17.0. The number of benzene rings is 1. The summed E-state index contributed by atoms with van der Waals surface area (Å²) in [6.45, 7) is 1.60. The van der Waals surface area contributed by atoms with Gasteiger partial charge in [0.1, 0.15) is 11.6 Å². The molecule has 26 heavy (non-hydrogen) atoms. The minimum atomic E-state index is -0.422. The predicted molar refractivity (Wildman–Crippen MR) is 99.8 cm³/mol. The van der Waals surface area contributed by atoms with Crippen molar-refractivity contribution in [2.45, 2.75) is 18.9 Å². The number of carbonyl (C=O) groups excluding carboxylic acids is 1. The number of anilines is 1. The van der Waals surface area contributed by atoms with Crippen molar-refractivity contribution in [3.63, 3.8) is 0 Å². The SMILES string of the molecule is O=C(NC1CCN(c2ccnc3ccnn23)CC1)c1cc(F)ccc1Br. The van der Waals surface area contributed by atoms with Crippen LogP contribution in [0.25, 0.3) is 5.65 Å². The minimum absolute atomic E-state index is 0.0591. The van der Waals surface area contributed by atoms with Crippen LogP contribution in [0.3, 0.4) is 0 Å². The normalized spacial score (nSPS) is 15.4. The van der Waals surface area contributed by atoms with Gasteiger partial charge in [-0.05, 0) is 53.0 Å². The smallest absolute Gasteiger partial charge is 0.252 e. The summed E-state index contributed by atoms with van der Waals surface area (Å²) in [4.78, 5) is 19.0. The van der Waals surface area contributed by atoms with Gasteiger partial charge in [-0.3, -0.25) is 4.79 Å². The van der Waals surface area contributed by atoms with Gasteiger partial charge >= 0.3 is 0 Å². The molecule has 1 aliphatic heterocycles. The Morgan fingerprint density at radius 1 is 1.19 bits per heavy atom. The van der Waals surface area contributed by atoms with Crippen molar-refractivity contribution in [3.05, 3.63) is 58.6 Å². The Hall–Kier alpha value is -2.48. The molecule has 1 N–H and O–H groups in total. The summed E-state index contributed by atoms with van der Waals surface area (Å²) < 4.78 is 15.8. The van der Waals surface area contributed by atoms with E-state index in [-0.39, 0.29) is 11.9 Å². The molecule has 0 unspecified atom stereocenters. The van der Waals surface area contributed by atoms with Gasteiger partial charge in [-0.15, -0.1) is 0 Å². The molecule has 2 aromatic heterocycles. The molecule has 134 valence electrons. The fourth-order valence-corrected chi connectivity index (χ4v) is 3.68. The van der Waals surface area contributed by atoms with E-state index in [0.29, 0.717) is 10.0 Å². The molecule has 1 fully saturated rings. The molecular weight excluding hydrogens is 401 g/mol. The first-order valence-corrected chi connectivity index (χ1v) is 9.21. The van der Waals surface area contributed by atoms with Crippen LogP contribution in [0.5, 0.6) is 0 Å². The highest BCUT2D eigenvalue weighted by molar-refractivity contribution is 9.10. The number of halogens is 2. The second kappa shape index (κ2) is 7.03. The third kappa shape index (κ3) is 3.29. The number of amides is 1. The maximum atomic E-state index is 13.4. The lowest BCUT2D eigenvalue weighted by Gasteiger charge is -2.33. The summed E-state index contributed by atoms with van der Waals surface area (Å²) in [5.41, 5.74) is 1.13. The van der Waals surface area contributed by atoms with Gasteiger partial charge in [0.25, 0.3) is 5.91 Å². The lowest BCUT2D eigenvalue weighted by atomic mass is 10.0. The maximum absolute atomic E-state index is 13.4. The monoisotopic (exact) mass is 417 g/mol. The van der Waals surface area contributed by atoms with Crippen molar-refractivity contribution in [3.8, 4) is 0 Å². The molecule has 0 atom stereocenters. The zero-order valence-corrected chi connectivity index (χ0v) is 15.5. The summed E-state index contributed by atoms with van der Waals surface area (Å²) in [5, 5.41) is 7.33. The quantitative estimate of drug-likeness (QED) is 0.711. The third-order valence-electron chi connectivity index (χ3n) is 4.60. The van der Waals surface area contributed by atoms with Gasteiger partial charge in [-0.2, -0.15) is 9.61 Å². The highest BCUT2D eigenvalue weighted by Gasteiger charge is 2.23. The topological polar surface area (TPSA) is 62.5 Å². The molecule has 0 bridgehead atoms. The van der Waals surface area contributed by atoms with Crippen molar-refractivity contribution in [2.24, 2.45) is 0 Å². The van der Waals surface area contributed by atoms with E-state index < -0.39 is 5.82 Å². The molecule has 1 amide bonds. The summed E-state index contributed by atoms with van der Waals surface area (Å²) in [5.74, 6) is 0.319. The van der Waals surface area contributed by atoms with Crippen LogP contribution in [0.4, 0.5) is 10.2 Å². The Morgan fingerprint density at radius 2 is 2.00 bits per heavy atom. The van der Waals surface area contributed by atoms with Crippen LogP contribution < -0.4 is 10.2 Å². The number of hydrogen-bond acceptors (Lipinski definition) is 4. The number of nitrogens with one attached hydrogen (secondary N) is 1. The van der Waals surface area contributed by atoms with Gasteiger partial charge in [0, 0.05) is 35.9 Å². The lowest BCUT2D eigenvalue weighted by Crippen LogP contribution is -2.45. The van der Waals surface area contributed by atoms with E-state index in [9.17, 15) is 9.18 Å². The summed E-state index contributed by atoms with van der Waals surface area (Å²) in [6.07, 6.45) is 5.13. The van der Waals surface area contributed by atoms with Crippen LogP contribution in [-0.4, -0.2) is 39.6 Å². The van der Waals surface area contributed by atoms with E-state index in [0.717, 1.165) is 37.4 Å². The van der Waals surface area contributed by atoms with E-state index in [1.807, 2.05) is 16.6 Å². The molecule has 3 heterocycles. The summed E-state index contributed by atoms with van der Waals surface area (Å²) in [7, 11) is 0. The van der Waals surface area contributed by atoms with Gasteiger partial charge in [-0.1, -0.05) is 0 Å². The van der Waals surface area contributed by atoms with Crippen LogP contribution in [-0.2, 0) is 0 Å². The second-order valence-corrected chi connectivity index (χ2v) is 7.12. The first-order valence-electron chi connectivity index (χ1n) is 8.41. The van der Waals surface area contributed by atoms with E-state index in [1.165, 1.54) is 12.1 Å². The van der Waals surface area contributed by atoms with E-state index in [1.54, 1.807) is 18.5 Å². The van der Waals surface area contributed by atoms with E-state index >= 15 is 0 Å². The van der Waals surface area contributed by atoms with Crippen LogP contribution in [0, 0.1) is 5.82 Å². The van der Waals surface area contributed by atoms with Crippen molar-refractivity contribution in [1.82, 2.24) is 19.9 Å². The molecule has 6 nitrogen and oxygen atoms in total. The molecular formula is C18H17BrFN5O. The standard InChI is InChI=1S/C18H17BrFN5O/c19-15-2-1-12(20)11-14(15)18(26)23-13-5-9-24(10-6-13)17-4-7-21-16-3-8-22-25(16)17/h1-4,7-8,11,13H,5-6,9-10H2,(H,23,26). The summed E-state index contributed by atoms with van der Waals surface area (Å²) in [6, 6.07) is 8.00. The molecule has 1 aromatic carbocycles. The molecule has 0 radical (unpaired) electrons. The molecule has 4 rings (SSSR count). The highest BCUT2D eigenvalue weighted by Crippen LogP contribution is 2.22. The van der Waals surface area contributed by atoms with Crippen molar-refractivity contribution in [1.29, 1.82) is 0 Å².